The fraction of sp³-hybridized carbons (Fsp3) is 0.269. The van der Waals surface area contributed by atoms with Gasteiger partial charge in [0.25, 0.3) is 0 Å². The van der Waals surface area contributed by atoms with Crippen molar-refractivity contribution in [2.45, 2.75) is 39.3 Å². The minimum atomic E-state index is -1.03. The number of tetrazole rings is 1. The van der Waals surface area contributed by atoms with Crippen LogP contribution in [0.15, 0.2) is 51.4 Å². The number of carboxylic acid groups (broad SMARTS) is 1. The van der Waals surface area contributed by atoms with E-state index in [0.29, 0.717) is 29.0 Å². The molecule has 0 spiro atoms. The third-order valence-electron chi connectivity index (χ3n) is 6.37. The smallest absolute Gasteiger partial charge is 0.407 e. The van der Waals surface area contributed by atoms with Crippen LogP contribution >= 0.6 is 27.5 Å². The lowest BCUT2D eigenvalue weighted by atomic mass is 10.0. The molecule has 3 aromatic heterocycles. The fourth-order valence-corrected chi connectivity index (χ4v) is 5.25. The van der Waals surface area contributed by atoms with Crippen LogP contribution in [0.25, 0.3) is 33.7 Å². The number of carbonyl (C=O) groups is 1. The highest BCUT2D eigenvalue weighted by Crippen LogP contribution is 2.41. The van der Waals surface area contributed by atoms with Crippen molar-refractivity contribution in [1.82, 2.24) is 35.1 Å². The van der Waals surface area contributed by atoms with Crippen molar-refractivity contribution in [3.05, 3.63) is 69.2 Å². The molecule has 5 rings (SSSR count). The second-order valence-corrected chi connectivity index (χ2v) is 10.1. The first-order chi connectivity index (χ1) is 18.4. The van der Waals surface area contributed by atoms with E-state index in [-0.39, 0.29) is 6.54 Å². The number of aromatic amines is 1. The molecule has 12 heteroatoms. The van der Waals surface area contributed by atoms with Gasteiger partial charge in [0.15, 0.2) is 11.0 Å². The van der Waals surface area contributed by atoms with Gasteiger partial charge in [-0.25, -0.2) is 14.9 Å². The van der Waals surface area contributed by atoms with Gasteiger partial charge in [-0.1, -0.05) is 55.3 Å². The summed E-state index contributed by atoms with van der Waals surface area (Å²) in [5.74, 6) is 2.05. The van der Waals surface area contributed by atoms with Crippen LogP contribution in [0.1, 0.15) is 36.8 Å². The molecule has 0 aliphatic carbocycles. The first kappa shape index (κ1) is 25.9. The van der Waals surface area contributed by atoms with Crippen molar-refractivity contribution in [1.29, 1.82) is 0 Å². The summed E-state index contributed by atoms with van der Waals surface area (Å²) in [4.78, 5) is 17.3. The molecule has 0 saturated heterocycles. The van der Waals surface area contributed by atoms with Gasteiger partial charge >= 0.3 is 6.09 Å². The van der Waals surface area contributed by atoms with Crippen LogP contribution in [0.5, 0.6) is 0 Å². The highest BCUT2D eigenvalue weighted by atomic mass is 79.9. The van der Waals surface area contributed by atoms with E-state index in [1.807, 2.05) is 41.0 Å². The van der Waals surface area contributed by atoms with Crippen molar-refractivity contribution in [2.75, 3.05) is 7.05 Å². The van der Waals surface area contributed by atoms with Gasteiger partial charge in [-0.15, -0.1) is 5.10 Å². The standard InChI is InChI=1S/C26H25BrClN7O3/c1-3-4-9-21-29-24(28)19(14-34(2)26(36)37)35(21)13-15-10-11-20-18(12-15)22(27)23(38-20)16-7-5-6-8-17(16)25-30-32-33-31-25/h5-8,10-12H,3-4,9,13-14H2,1-2H3,(H,36,37)(H,30,31,32,33). The average molecular weight is 599 g/mol. The maximum absolute atomic E-state index is 11.5. The highest BCUT2D eigenvalue weighted by molar-refractivity contribution is 9.10. The summed E-state index contributed by atoms with van der Waals surface area (Å²) in [7, 11) is 1.52. The lowest BCUT2D eigenvalue weighted by Gasteiger charge is -2.17. The molecule has 10 nitrogen and oxygen atoms in total. The predicted molar refractivity (Wildman–Crippen MR) is 147 cm³/mol. The summed E-state index contributed by atoms with van der Waals surface area (Å²) >= 11 is 10.3. The number of benzene rings is 2. The molecule has 0 aliphatic heterocycles. The number of hydrogen-bond acceptors (Lipinski definition) is 6. The van der Waals surface area contributed by atoms with Crippen molar-refractivity contribution in [2.24, 2.45) is 0 Å². The first-order valence-electron chi connectivity index (χ1n) is 12.1. The molecule has 38 heavy (non-hydrogen) atoms. The van der Waals surface area contributed by atoms with Gasteiger partial charge in [0.2, 0.25) is 0 Å². The number of aromatic nitrogens is 6. The molecular weight excluding hydrogens is 574 g/mol. The number of amides is 1. The summed E-state index contributed by atoms with van der Waals surface area (Å²) in [6.07, 6.45) is 1.69. The van der Waals surface area contributed by atoms with Gasteiger partial charge in [-0.05, 0) is 50.5 Å². The van der Waals surface area contributed by atoms with Crippen molar-refractivity contribution >= 4 is 44.6 Å². The number of fused-ring (bicyclic) bond motifs is 1. The Morgan fingerprint density at radius 3 is 2.74 bits per heavy atom. The van der Waals surface area contributed by atoms with E-state index >= 15 is 0 Å². The number of unbranched alkanes of at least 4 members (excludes halogenated alkanes) is 1. The Kier molecular flexibility index (Phi) is 7.48. The molecule has 0 aliphatic rings. The van der Waals surface area contributed by atoms with Gasteiger partial charge in [0, 0.05) is 36.5 Å². The Hall–Kier alpha value is -3.70. The third kappa shape index (κ3) is 5.03. The molecule has 1 amide bonds. The van der Waals surface area contributed by atoms with Gasteiger partial charge in [0.05, 0.1) is 16.7 Å². The summed E-state index contributed by atoms with van der Waals surface area (Å²) in [6, 6.07) is 13.7. The third-order valence-corrected chi connectivity index (χ3v) is 7.46. The van der Waals surface area contributed by atoms with Crippen molar-refractivity contribution in [3.63, 3.8) is 0 Å². The maximum Gasteiger partial charge on any atom is 0.407 e. The summed E-state index contributed by atoms with van der Waals surface area (Å²) < 4.78 is 9.11. The Morgan fingerprint density at radius 1 is 1.24 bits per heavy atom. The fourth-order valence-electron chi connectivity index (χ4n) is 4.39. The zero-order chi connectivity index (χ0) is 26.8. The van der Waals surface area contributed by atoms with Gasteiger partial charge in [-0.2, -0.15) is 0 Å². The number of nitrogens with one attached hydrogen (secondary N) is 1. The molecule has 196 valence electrons. The number of aryl methyl sites for hydroxylation is 1. The molecule has 2 aromatic carbocycles. The number of halogens is 2. The monoisotopic (exact) mass is 597 g/mol. The van der Waals surface area contributed by atoms with Crippen LogP contribution in [0, 0.1) is 0 Å². The topological polar surface area (TPSA) is 126 Å². The van der Waals surface area contributed by atoms with Crippen LogP contribution in [-0.2, 0) is 19.5 Å². The molecule has 5 aromatic rings. The molecular formula is C26H25BrClN7O3. The molecule has 3 heterocycles. The number of imidazole rings is 1. The molecule has 0 radical (unpaired) electrons. The van der Waals surface area contributed by atoms with Gasteiger partial charge in [-0.3, -0.25) is 0 Å². The van der Waals surface area contributed by atoms with E-state index in [1.165, 1.54) is 11.9 Å². The number of furan rings is 1. The van der Waals surface area contributed by atoms with E-state index in [4.69, 9.17) is 16.0 Å². The quantitative estimate of drug-likeness (QED) is 0.201. The Balaban J connectivity index is 1.54. The zero-order valence-corrected chi connectivity index (χ0v) is 23.1. The molecule has 0 saturated carbocycles. The number of H-pyrrole nitrogens is 1. The van der Waals surface area contributed by atoms with Crippen molar-refractivity contribution < 1.29 is 14.3 Å². The normalized spacial score (nSPS) is 11.4. The molecule has 0 fully saturated rings. The SMILES string of the molecule is CCCCc1nc(Cl)c(CN(C)C(=O)O)n1Cc1ccc2oc(-c3ccccc3-c3nnn[nH]3)c(Br)c2c1. The van der Waals surface area contributed by atoms with E-state index in [1.54, 1.807) is 0 Å². The molecule has 2 N–H and O–H groups in total. The minimum Gasteiger partial charge on any atom is -0.465 e. The number of nitrogens with zero attached hydrogens (tertiary/aromatic N) is 6. The van der Waals surface area contributed by atoms with Crippen molar-refractivity contribution in [3.8, 4) is 22.7 Å². The average Bonchev–Trinajstić information content (AvgIpc) is 3.63. The second-order valence-electron chi connectivity index (χ2n) is 8.96. The number of hydrogen-bond donors (Lipinski definition) is 2. The summed E-state index contributed by atoms with van der Waals surface area (Å²) in [5, 5.41) is 24.9. The van der Waals surface area contributed by atoms with Crippen LogP contribution in [0.2, 0.25) is 5.15 Å². The largest absolute Gasteiger partial charge is 0.465 e. The van der Waals surface area contributed by atoms with Crippen LogP contribution in [-0.4, -0.2) is 53.3 Å². The molecule has 0 atom stereocenters. The predicted octanol–water partition coefficient (Wildman–Crippen LogP) is 6.39. The van der Waals surface area contributed by atoms with Crippen LogP contribution in [0.4, 0.5) is 4.79 Å². The second kappa shape index (κ2) is 11.0. The van der Waals surface area contributed by atoms with Gasteiger partial charge < -0.3 is 19.0 Å². The first-order valence-corrected chi connectivity index (χ1v) is 13.3. The lowest BCUT2D eigenvalue weighted by Crippen LogP contribution is -2.26. The Morgan fingerprint density at radius 2 is 2.03 bits per heavy atom. The van der Waals surface area contributed by atoms with E-state index < -0.39 is 6.09 Å². The number of rotatable bonds is 9. The van der Waals surface area contributed by atoms with E-state index in [2.05, 4.69) is 54.5 Å². The maximum atomic E-state index is 11.5. The Bertz CT molecular complexity index is 1600. The zero-order valence-electron chi connectivity index (χ0n) is 20.8. The summed E-state index contributed by atoms with van der Waals surface area (Å²) in [6.45, 7) is 2.75. The highest BCUT2D eigenvalue weighted by Gasteiger charge is 2.21. The molecule has 0 bridgehead atoms. The van der Waals surface area contributed by atoms with Crippen LogP contribution < -0.4 is 0 Å². The summed E-state index contributed by atoms with van der Waals surface area (Å²) in [5.41, 5.74) is 4.06. The Labute approximate surface area is 231 Å². The lowest BCUT2D eigenvalue weighted by molar-refractivity contribution is 0.153. The van der Waals surface area contributed by atoms with Crippen LogP contribution in [0.3, 0.4) is 0 Å². The minimum absolute atomic E-state index is 0.141. The van der Waals surface area contributed by atoms with Gasteiger partial charge in [0.1, 0.15) is 17.2 Å². The van der Waals surface area contributed by atoms with E-state index in [0.717, 1.165) is 57.2 Å². The molecule has 0 unspecified atom stereocenters. The van der Waals surface area contributed by atoms with E-state index in [9.17, 15) is 9.90 Å².